The Morgan fingerprint density at radius 1 is 1.07 bits per heavy atom. The van der Waals surface area contributed by atoms with Gasteiger partial charge in [0.25, 0.3) is 0 Å². The highest BCUT2D eigenvalue weighted by molar-refractivity contribution is 7.90. The molecule has 0 bridgehead atoms. The number of aromatic nitrogens is 2. The average molecular weight is 431 g/mol. The fourth-order valence-electron chi connectivity index (χ4n) is 2.59. The molecule has 1 N–H and O–H groups in total. The van der Waals surface area contributed by atoms with Gasteiger partial charge < -0.3 is 9.72 Å². The molecule has 0 amide bonds. The third kappa shape index (κ3) is 4.15. The summed E-state index contributed by atoms with van der Waals surface area (Å²) in [4.78, 5) is 6.85. The molecule has 0 aliphatic carbocycles. The third-order valence-corrected chi connectivity index (χ3v) is 5.30. The number of ether oxygens (including phenoxy) is 1. The van der Waals surface area contributed by atoms with Crippen molar-refractivity contribution in [2.45, 2.75) is 18.1 Å². The Bertz CT molecular complexity index is 1150. The van der Waals surface area contributed by atoms with E-state index in [1.807, 2.05) is 0 Å². The van der Waals surface area contributed by atoms with Crippen molar-refractivity contribution in [3.8, 4) is 5.75 Å². The van der Waals surface area contributed by atoms with Gasteiger partial charge >= 0.3 is 0 Å². The van der Waals surface area contributed by atoms with E-state index < -0.39 is 33.4 Å². The first kappa shape index (κ1) is 20.2. The predicted molar refractivity (Wildman–Crippen MR) is 96.7 cm³/mol. The van der Waals surface area contributed by atoms with Crippen molar-refractivity contribution in [2.75, 3.05) is 6.26 Å². The number of halogens is 4. The molecule has 1 aromatic heterocycles. The van der Waals surface area contributed by atoms with Crippen LogP contribution in [0, 0.1) is 24.4 Å². The molecule has 28 heavy (non-hydrogen) atoms. The van der Waals surface area contributed by atoms with Crippen LogP contribution >= 0.6 is 11.6 Å². The quantitative estimate of drug-likeness (QED) is 0.652. The van der Waals surface area contributed by atoms with Gasteiger partial charge in [-0.2, -0.15) is 0 Å². The van der Waals surface area contributed by atoms with Gasteiger partial charge in [0.05, 0.1) is 10.7 Å². The first-order valence-corrected chi connectivity index (χ1v) is 10.2. The van der Waals surface area contributed by atoms with Gasteiger partial charge in [0.1, 0.15) is 11.6 Å². The summed E-state index contributed by atoms with van der Waals surface area (Å²) in [5.74, 6) is -2.81. The highest BCUT2D eigenvalue weighted by atomic mass is 35.5. The minimum absolute atomic E-state index is 0.0423. The molecule has 0 saturated carbocycles. The van der Waals surface area contributed by atoms with Crippen LogP contribution in [0.15, 0.2) is 41.4 Å². The van der Waals surface area contributed by atoms with E-state index in [1.165, 1.54) is 25.1 Å². The standard InChI is InChI=1S/C18H14ClF3N2O3S/c1-9-18(28(2,25)26)24-17(23-9)16(10-3-5-13(20)12(19)7-10)27-11-4-6-14(21)15(22)8-11/h3-8,16H,1-2H3,(H,23,24). The van der Waals surface area contributed by atoms with E-state index >= 15 is 0 Å². The molecule has 3 rings (SSSR count). The number of aryl methyl sites for hydroxylation is 1. The lowest BCUT2D eigenvalue weighted by molar-refractivity contribution is 0.235. The molecule has 0 fully saturated rings. The minimum atomic E-state index is -3.60. The van der Waals surface area contributed by atoms with Crippen molar-refractivity contribution >= 4 is 21.4 Å². The van der Waals surface area contributed by atoms with Gasteiger partial charge in [-0.15, -0.1) is 0 Å². The number of nitrogens with one attached hydrogen (secondary N) is 1. The molecule has 5 nitrogen and oxygen atoms in total. The molecule has 3 aromatic rings. The van der Waals surface area contributed by atoms with Crippen LogP contribution in [0.1, 0.15) is 23.2 Å². The van der Waals surface area contributed by atoms with Crippen LogP contribution in [0.2, 0.25) is 5.02 Å². The number of imidazole rings is 1. The van der Waals surface area contributed by atoms with Crippen LogP contribution in [0.3, 0.4) is 0 Å². The smallest absolute Gasteiger partial charge is 0.192 e. The van der Waals surface area contributed by atoms with Crippen LogP contribution in [-0.2, 0) is 9.84 Å². The van der Waals surface area contributed by atoms with Crippen molar-refractivity contribution in [1.29, 1.82) is 0 Å². The van der Waals surface area contributed by atoms with E-state index in [2.05, 4.69) is 9.97 Å². The Morgan fingerprint density at radius 3 is 2.32 bits per heavy atom. The Labute approximate surface area is 164 Å². The number of aromatic amines is 1. The Kier molecular flexibility index (Phi) is 5.40. The maximum Gasteiger partial charge on any atom is 0.192 e. The maximum atomic E-state index is 13.5. The van der Waals surface area contributed by atoms with Crippen molar-refractivity contribution < 1.29 is 26.3 Å². The van der Waals surface area contributed by atoms with E-state index in [-0.39, 0.29) is 27.3 Å². The molecule has 0 saturated heterocycles. The number of H-pyrrole nitrogens is 1. The van der Waals surface area contributed by atoms with Crippen molar-refractivity contribution in [1.82, 2.24) is 9.97 Å². The molecule has 0 aliphatic heterocycles. The zero-order chi connectivity index (χ0) is 20.6. The summed E-state index contributed by atoms with van der Waals surface area (Å²) in [5.41, 5.74) is 0.523. The molecule has 1 unspecified atom stereocenters. The van der Waals surface area contributed by atoms with Gasteiger partial charge in [-0.3, -0.25) is 0 Å². The lowest BCUT2D eigenvalue weighted by Crippen LogP contribution is -2.12. The number of rotatable bonds is 5. The fourth-order valence-corrected chi connectivity index (χ4v) is 3.66. The van der Waals surface area contributed by atoms with E-state index in [9.17, 15) is 21.6 Å². The number of sulfone groups is 1. The van der Waals surface area contributed by atoms with E-state index in [0.717, 1.165) is 24.5 Å². The van der Waals surface area contributed by atoms with Crippen LogP contribution < -0.4 is 4.74 Å². The predicted octanol–water partition coefficient (Wildman–Crippen LogP) is 4.36. The molecule has 10 heteroatoms. The summed E-state index contributed by atoms with van der Waals surface area (Å²) < 4.78 is 69.8. The zero-order valence-electron chi connectivity index (χ0n) is 14.6. The molecule has 2 aromatic carbocycles. The zero-order valence-corrected chi connectivity index (χ0v) is 16.2. The largest absolute Gasteiger partial charge is 0.478 e. The molecular formula is C18H14ClF3N2O3S. The monoisotopic (exact) mass is 430 g/mol. The topological polar surface area (TPSA) is 72.0 Å². The molecule has 0 radical (unpaired) electrons. The Morgan fingerprint density at radius 2 is 1.75 bits per heavy atom. The van der Waals surface area contributed by atoms with Crippen molar-refractivity contribution in [3.63, 3.8) is 0 Å². The van der Waals surface area contributed by atoms with Crippen LogP contribution in [0.5, 0.6) is 5.75 Å². The summed E-state index contributed by atoms with van der Waals surface area (Å²) in [6.45, 7) is 1.49. The van der Waals surface area contributed by atoms with Gasteiger partial charge in [0, 0.05) is 17.9 Å². The minimum Gasteiger partial charge on any atom is -0.478 e. The Hall–Kier alpha value is -2.52. The average Bonchev–Trinajstić information content (AvgIpc) is 3.00. The second kappa shape index (κ2) is 7.48. The molecule has 0 aliphatic rings. The lowest BCUT2D eigenvalue weighted by atomic mass is 10.1. The van der Waals surface area contributed by atoms with Crippen molar-refractivity contribution in [2.24, 2.45) is 0 Å². The first-order chi connectivity index (χ1) is 13.1. The van der Waals surface area contributed by atoms with Gasteiger partial charge in [-0.05, 0) is 31.2 Å². The van der Waals surface area contributed by atoms with E-state index in [4.69, 9.17) is 16.3 Å². The van der Waals surface area contributed by atoms with Crippen LogP contribution in [0.4, 0.5) is 13.2 Å². The van der Waals surface area contributed by atoms with Crippen molar-refractivity contribution in [3.05, 3.63) is 76.0 Å². The number of nitrogens with zero attached hydrogens (tertiary/aromatic N) is 1. The summed E-state index contributed by atoms with van der Waals surface area (Å²) in [5, 5.41) is -0.308. The number of benzene rings is 2. The van der Waals surface area contributed by atoms with Gasteiger partial charge in [0.15, 0.2) is 38.4 Å². The second-order valence-electron chi connectivity index (χ2n) is 6.06. The Balaban J connectivity index is 2.11. The van der Waals surface area contributed by atoms with E-state index in [1.54, 1.807) is 0 Å². The molecule has 1 heterocycles. The number of hydrogen-bond donors (Lipinski definition) is 1. The summed E-state index contributed by atoms with van der Waals surface area (Å²) in [6.07, 6.45) is -0.0748. The summed E-state index contributed by atoms with van der Waals surface area (Å²) >= 11 is 5.84. The molecule has 148 valence electrons. The molecule has 1 atom stereocenters. The van der Waals surface area contributed by atoms with Crippen LogP contribution in [-0.4, -0.2) is 24.6 Å². The van der Waals surface area contributed by atoms with Gasteiger partial charge in [-0.1, -0.05) is 17.7 Å². The maximum absolute atomic E-state index is 13.5. The van der Waals surface area contributed by atoms with Crippen LogP contribution in [0.25, 0.3) is 0 Å². The fraction of sp³-hybridized carbons (Fsp3) is 0.167. The van der Waals surface area contributed by atoms with Gasteiger partial charge in [-0.25, -0.2) is 26.6 Å². The molecule has 0 spiro atoms. The summed E-state index contributed by atoms with van der Waals surface area (Å²) in [6, 6.07) is 6.66. The second-order valence-corrected chi connectivity index (χ2v) is 8.42. The highest BCUT2D eigenvalue weighted by Gasteiger charge is 2.25. The highest BCUT2D eigenvalue weighted by Crippen LogP contribution is 2.31. The normalized spacial score (nSPS) is 12.8. The van der Waals surface area contributed by atoms with Gasteiger partial charge in [0.2, 0.25) is 0 Å². The first-order valence-electron chi connectivity index (χ1n) is 7.89. The SMILES string of the molecule is Cc1nc(C(Oc2ccc(F)c(F)c2)c2ccc(F)c(Cl)c2)[nH]c1S(C)(=O)=O. The lowest BCUT2D eigenvalue weighted by Gasteiger charge is -2.18. The third-order valence-electron chi connectivity index (χ3n) is 3.87. The summed E-state index contributed by atoms with van der Waals surface area (Å²) in [7, 11) is -3.60. The molecular weight excluding hydrogens is 417 g/mol. The number of hydrogen-bond acceptors (Lipinski definition) is 4. The van der Waals surface area contributed by atoms with E-state index in [0.29, 0.717) is 5.56 Å².